The Kier molecular flexibility index (Phi) is 2.58. The topological polar surface area (TPSA) is 79.1 Å². The molecule has 0 saturated heterocycles. The Morgan fingerprint density at radius 3 is 2.44 bits per heavy atom. The number of benzene rings is 1. The molecule has 1 heterocycles. The number of fused-ring (bicyclic) bond motifs is 1. The number of aromatic nitrogens is 1. The molecule has 0 radical (unpaired) electrons. The van der Waals surface area contributed by atoms with Crippen LogP contribution in [0.2, 0.25) is 0 Å². The fraction of sp³-hybridized carbons (Fsp3) is 0.182. The fourth-order valence-corrected chi connectivity index (χ4v) is 1.79. The molecule has 0 bridgehead atoms. The minimum absolute atomic E-state index is 0.139. The zero-order chi connectivity index (χ0) is 13.6. The van der Waals surface area contributed by atoms with Gasteiger partial charge in [0.25, 0.3) is 0 Å². The second-order valence-electron chi connectivity index (χ2n) is 3.86. The highest BCUT2D eigenvalue weighted by molar-refractivity contribution is 5.92. The van der Waals surface area contributed by atoms with E-state index in [0.717, 1.165) is 6.20 Å². The average Bonchev–Trinajstić information content (AvgIpc) is 2.70. The van der Waals surface area contributed by atoms with Gasteiger partial charge in [0, 0.05) is 22.7 Å². The second-order valence-corrected chi connectivity index (χ2v) is 3.86. The third kappa shape index (κ3) is 1.55. The van der Waals surface area contributed by atoms with Gasteiger partial charge in [-0.25, -0.2) is 4.79 Å². The Balaban J connectivity index is 2.75. The largest absolute Gasteiger partial charge is 0.479 e. The van der Waals surface area contributed by atoms with Crippen molar-refractivity contribution in [1.29, 1.82) is 0 Å². The summed E-state index contributed by atoms with van der Waals surface area (Å²) in [6.45, 7) is 0. The molecular weight excluding hydrogens is 249 g/mol. The maximum absolute atomic E-state index is 12.9. The molecule has 0 amide bonds. The lowest BCUT2D eigenvalue weighted by Gasteiger charge is -2.27. The van der Waals surface area contributed by atoms with E-state index in [-0.39, 0.29) is 5.39 Å². The molecule has 96 valence electrons. The van der Waals surface area contributed by atoms with Crippen LogP contribution in [0.3, 0.4) is 0 Å². The highest BCUT2D eigenvalue weighted by Gasteiger charge is 2.60. The van der Waals surface area contributed by atoms with E-state index in [1.807, 2.05) is 0 Å². The summed E-state index contributed by atoms with van der Waals surface area (Å²) in [4.78, 5) is 13.5. The molecule has 2 rings (SSSR count). The van der Waals surface area contributed by atoms with Crippen LogP contribution < -0.4 is 5.73 Å². The maximum Gasteiger partial charge on any atom is 0.421 e. The molecule has 0 aliphatic carbocycles. The van der Waals surface area contributed by atoms with Gasteiger partial charge < -0.3 is 15.8 Å². The monoisotopic (exact) mass is 258 g/mol. The van der Waals surface area contributed by atoms with Gasteiger partial charge >= 0.3 is 12.1 Å². The van der Waals surface area contributed by atoms with Crippen molar-refractivity contribution in [3.63, 3.8) is 0 Å². The predicted octanol–water partition coefficient (Wildman–Crippen LogP) is 1.97. The third-order valence-electron chi connectivity index (χ3n) is 2.80. The number of H-pyrrole nitrogens is 1. The van der Waals surface area contributed by atoms with Crippen molar-refractivity contribution in [3.05, 3.63) is 36.0 Å². The molecule has 4 nitrogen and oxygen atoms in total. The van der Waals surface area contributed by atoms with Crippen molar-refractivity contribution in [1.82, 2.24) is 4.98 Å². The van der Waals surface area contributed by atoms with Crippen LogP contribution >= 0.6 is 0 Å². The fourth-order valence-electron chi connectivity index (χ4n) is 1.79. The molecule has 0 saturated carbocycles. The Morgan fingerprint density at radius 2 is 1.89 bits per heavy atom. The lowest BCUT2D eigenvalue weighted by molar-refractivity contribution is -0.204. The van der Waals surface area contributed by atoms with Crippen LogP contribution in [0.15, 0.2) is 30.5 Å². The van der Waals surface area contributed by atoms with Gasteiger partial charge in [-0.05, 0) is 6.07 Å². The molecule has 1 aromatic carbocycles. The molecular formula is C11H9F3N2O2. The summed E-state index contributed by atoms with van der Waals surface area (Å²) in [5.41, 5.74) is 1.58. The number of nitrogens with two attached hydrogens (primary N) is 1. The van der Waals surface area contributed by atoms with Gasteiger partial charge in [-0.3, -0.25) is 0 Å². The molecule has 2 aromatic rings. The number of halogens is 3. The van der Waals surface area contributed by atoms with Crippen LogP contribution in [-0.2, 0) is 10.3 Å². The van der Waals surface area contributed by atoms with Gasteiger partial charge in [-0.15, -0.1) is 0 Å². The van der Waals surface area contributed by atoms with E-state index in [2.05, 4.69) is 4.98 Å². The number of hydrogen-bond donors (Lipinski definition) is 3. The number of carboxylic acids is 1. The molecule has 4 N–H and O–H groups in total. The number of rotatable bonds is 2. The first-order valence-corrected chi connectivity index (χ1v) is 4.94. The maximum atomic E-state index is 12.9. The van der Waals surface area contributed by atoms with E-state index in [9.17, 15) is 18.0 Å². The summed E-state index contributed by atoms with van der Waals surface area (Å²) in [5, 5.41) is 8.98. The Labute approximate surface area is 99.2 Å². The Hall–Kier alpha value is -2.02. The van der Waals surface area contributed by atoms with Gasteiger partial charge in [-0.2, -0.15) is 13.2 Å². The quantitative estimate of drug-likeness (QED) is 0.770. The average molecular weight is 258 g/mol. The summed E-state index contributed by atoms with van der Waals surface area (Å²) < 4.78 is 38.8. The van der Waals surface area contributed by atoms with Gasteiger partial charge in [0.2, 0.25) is 5.54 Å². The number of carboxylic acid groups (broad SMARTS) is 1. The van der Waals surface area contributed by atoms with Gasteiger partial charge in [0.1, 0.15) is 0 Å². The summed E-state index contributed by atoms with van der Waals surface area (Å²) >= 11 is 0. The van der Waals surface area contributed by atoms with Crippen molar-refractivity contribution in [2.45, 2.75) is 11.7 Å². The van der Waals surface area contributed by atoms with Crippen molar-refractivity contribution < 1.29 is 23.1 Å². The van der Waals surface area contributed by atoms with Crippen LogP contribution in [0.5, 0.6) is 0 Å². The lowest BCUT2D eigenvalue weighted by atomic mass is 9.90. The standard InChI is InChI=1S/C11H9F3N2O2/c12-11(13,14)10(15,9(17)18)7-5-16-8-4-2-1-3-6(7)8/h1-5,16H,15H2,(H,17,18). The molecule has 1 unspecified atom stereocenters. The number of carbonyl (C=O) groups is 1. The number of nitrogens with one attached hydrogen (secondary N) is 1. The molecule has 7 heteroatoms. The van der Waals surface area contributed by atoms with Crippen molar-refractivity contribution >= 4 is 16.9 Å². The highest BCUT2D eigenvalue weighted by atomic mass is 19.4. The third-order valence-corrected chi connectivity index (χ3v) is 2.80. The predicted molar refractivity (Wildman–Crippen MR) is 57.9 cm³/mol. The summed E-state index contributed by atoms with van der Waals surface area (Å²) in [5.74, 6) is -2.14. The van der Waals surface area contributed by atoms with Crippen molar-refractivity contribution in [3.8, 4) is 0 Å². The van der Waals surface area contributed by atoms with E-state index >= 15 is 0 Å². The first-order valence-electron chi connectivity index (χ1n) is 4.94. The molecule has 18 heavy (non-hydrogen) atoms. The Morgan fingerprint density at radius 1 is 1.28 bits per heavy atom. The first kappa shape index (κ1) is 12.4. The highest BCUT2D eigenvalue weighted by Crippen LogP contribution is 2.40. The van der Waals surface area contributed by atoms with E-state index in [0.29, 0.717) is 5.52 Å². The number of aromatic amines is 1. The first-order chi connectivity index (χ1) is 8.28. The summed E-state index contributed by atoms with van der Waals surface area (Å²) in [6.07, 6.45) is -4.12. The summed E-state index contributed by atoms with van der Waals surface area (Å²) in [6, 6.07) is 6.06. The smallest absolute Gasteiger partial charge is 0.421 e. The van der Waals surface area contributed by atoms with E-state index in [4.69, 9.17) is 10.8 Å². The van der Waals surface area contributed by atoms with E-state index < -0.39 is 23.2 Å². The van der Waals surface area contributed by atoms with Crippen LogP contribution in [0, 0.1) is 0 Å². The SMILES string of the molecule is NC(C(=O)O)(c1c[nH]c2ccccc12)C(F)(F)F. The molecule has 0 fully saturated rings. The lowest BCUT2D eigenvalue weighted by Crippen LogP contribution is -2.56. The van der Waals surface area contributed by atoms with Crippen LogP contribution in [-0.4, -0.2) is 22.2 Å². The van der Waals surface area contributed by atoms with Gasteiger partial charge in [0.15, 0.2) is 0 Å². The van der Waals surface area contributed by atoms with Crippen LogP contribution in [0.4, 0.5) is 13.2 Å². The van der Waals surface area contributed by atoms with Crippen LogP contribution in [0.25, 0.3) is 10.9 Å². The van der Waals surface area contributed by atoms with Gasteiger partial charge in [-0.1, -0.05) is 18.2 Å². The second kappa shape index (κ2) is 3.74. The van der Waals surface area contributed by atoms with Crippen molar-refractivity contribution in [2.24, 2.45) is 5.73 Å². The van der Waals surface area contributed by atoms with E-state index in [1.165, 1.54) is 18.2 Å². The molecule has 1 atom stereocenters. The van der Waals surface area contributed by atoms with Crippen molar-refractivity contribution in [2.75, 3.05) is 0 Å². The minimum Gasteiger partial charge on any atom is -0.479 e. The van der Waals surface area contributed by atoms with Crippen LogP contribution in [0.1, 0.15) is 5.56 Å². The molecule has 1 aromatic heterocycles. The Bertz CT molecular complexity index is 606. The normalized spacial score (nSPS) is 15.6. The molecule has 0 spiro atoms. The number of aliphatic carboxylic acids is 1. The number of para-hydroxylation sites is 1. The van der Waals surface area contributed by atoms with E-state index in [1.54, 1.807) is 6.07 Å². The number of hydrogen-bond acceptors (Lipinski definition) is 2. The van der Waals surface area contributed by atoms with Gasteiger partial charge in [0.05, 0.1) is 0 Å². The summed E-state index contributed by atoms with van der Waals surface area (Å²) in [7, 11) is 0. The zero-order valence-corrected chi connectivity index (χ0v) is 8.95. The molecule has 0 aliphatic heterocycles. The zero-order valence-electron chi connectivity index (χ0n) is 8.95. The number of alkyl halides is 3. The molecule has 0 aliphatic rings. The minimum atomic E-state index is -5.09.